The lowest BCUT2D eigenvalue weighted by Crippen LogP contribution is -2.48. The van der Waals surface area contributed by atoms with Crippen molar-refractivity contribution >= 4 is 39.4 Å². The van der Waals surface area contributed by atoms with Gasteiger partial charge in [0.25, 0.3) is 5.91 Å². The van der Waals surface area contributed by atoms with Gasteiger partial charge in [-0.05, 0) is 25.7 Å². The van der Waals surface area contributed by atoms with Crippen molar-refractivity contribution in [1.29, 1.82) is 0 Å². The van der Waals surface area contributed by atoms with Gasteiger partial charge in [0, 0.05) is 37.6 Å². The maximum atomic E-state index is 15.1. The highest BCUT2D eigenvalue weighted by Crippen LogP contribution is 2.43. The van der Waals surface area contributed by atoms with Crippen molar-refractivity contribution in [3.05, 3.63) is 22.3 Å². The average molecular weight is 460 g/mol. The van der Waals surface area contributed by atoms with E-state index in [0.29, 0.717) is 24.2 Å². The predicted molar refractivity (Wildman–Crippen MR) is 106 cm³/mol. The molecule has 3 heterocycles. The number of carboxylic acid groups (broad SMARTS) is 1. The number of piperidine rings is 1. The number of thiophene rings is 1. The summed E-state index contributed by atoms with van der Waals surface area (Å²) in [5, 5.41) is 13.1. The number of halogens is 4. The Hall–Kier alpha value is -2.63. The first-order chi connectivity index (χ1) is 14.6. The molecule has 1 aliphatic heterocycles. The third-order valence-electron chi connectivity index (χ3n) is 5.70. The van der Waals surface area contributed by atoms with Crippen molar-refractivity contribution in [1.82, 2.24) is 15.2 Å². The summed E-state index contributed by atoms with van der Waals surface area (Å²) in [4.78, 5) is 30.6. The number of carbonyl (C=O) groups excluding carboxylic acids is 1. The fourth-order valence-corrected chi connectivity index (χ4v) is 5.13. The van der Waals surface area contributed by atoms with E-state index < -0.39 is 40.1 Å². The minimum atomic E-state index is -4.96. The van der Waals surface area contributed by atoms with Crippen molar-refractivity contribution in [2.45, 2.75) is 43.9 Å². The van der Waals surface area contributed by atoms with E-state index in [0.717, 1.165) is 12.8 Å². The molecule has 2 aromatic rings. The van der Waals surface area contributed by atoms with Crippen molar-refractivity contribution in [2.24, 2.45) is 0 Å². The first-order valence-electron chi connectivity index (χ1n) is 9.79. The van der Waals surface area contributed by atoms with Crippen molar-refractivity contribution in [3.8, 4) is 0 Å². The highest BCUT2D eigenvalue weighted by atomic mass is 32.1. The number of amides is 2. The standard InChI is InChI=1S/C19H20F4N4O3S/c1-24-17(28)11-8-31-15-12(19(21,22)23)13(20)16(25-14(11)15)26-6-4-10(5-7-26)27(18(29)30)9-2-3-9/h8-10H,2-7H2,1H3,(H,24,28)(H,29,30). The Morgan fingerprint density at radius 1 is 1.23 bits per heavy atom. The highest BCUT2D eigenvalue weighted by molar-refractivity contribution is 7.17. The summed E-state index contributed by atoms with van der Waals surface area (Å²) in [5.41, 5.74) is -1.67. The summed E-state index contributed by atoms with van der Waals surface area (Å²) < 4.78 is 55.8. The average Bonchev–Trinajstić information content (AvgIpc) is 3.44. The SMILES string of the molecule is CNC(=O)c1csc2c(C(F)(F)F)c(F)c(N3CCC(N(C(=O)O)C4CC4)CC3)nc12. The number of nitrogens with one attached hydrogen (secondary N) is 1. The molecule has 1 saturated heterocycles. The van der Waals surface area contributed by atoms with E-state index in [1.165, 1.54) is 22.2 Å². The molecule has 0 radical (unpaired) electrons. The van der Waals surface area contributed by atoms with Crippen LogP contribution in [0.2, 0.25) is 0 Å². The van der Waals surface area contributed by atoms with Crippen molar-refractivity contribution in [3.63, 3.8) is 0 Å². The van der Waals surface area contributed by atoms with Gasteiger partial charge in [0.15, 0.2) is 11.6 Å². The molecule has 1 aliphatic carbocycles. The lowest BCUT2D eigenvalue weighted by molar-refractivity contribution is -0.138. The Kier molecular flexibility index (Phi) is 5.44. The maximum absolute atomic E-state index is 15.1. The molecule has 0 aromatic carbocycles. The van der Waals surface area contributed by atoms with Gasteiger partial charge in [-0.2, -0.15) is 13.2 Å². The predicted octanol–water partition coefficient (Wildman–Crippen LogP) is 3.93. The fraction of sp³-hybridized carbons (Fsp3) is 0.526. The number of fused-ring (bicyclic) bond motifs is 1. The third-order valence-corrected chi connectivity index (χ3v) is 6.69. The van der Waals surface area contributed by atoms with Gasteiger partial charge in [-0.3, -0.25) is 4.79 Å². The molecule has 0 bridgehead atoms. The van der Waals surface area contributed by atoms with E-state index in [9.17, 15) is 27.9 Å². The molecule has 0 unspecified atom stereocenters. The van der Waals surface area contributed by atoms with Crippen LogP contribution in [0.5, 0.6) is 0 Å². The molecule has 2 fully saturated rings. The molecule has 0 spiro atoms. The number of nitrogens with zero attached hydrogens (tertiary/aromatic N) is 3. The number of anilines is 1. The van der Waals surface area contributed by atoms with E-state index in [1.807, 2.05) is 0 Å². The minimum Gasteiger partial charge on any atom is -0.465 e. The third kappa shape index (κ3) is 3.88. The molecule has 12 heteroatoms. The zero-order valence-electron chi connectivity index (χ0n) is 16.5. The normalized spacial score (nSPS) is 17.8. The van der Waals surface area contributed by atoms with Crippen LogP contribution in [0.1, 0.15) is 41.6 Å². The molecule has 0 atom stereocenters. The number of pyridine rings is 1. The molecule has 2 N–H and O–H groups in total. The fourth-order valence-electron chi connectivity index (χ4n) is 4.08. The Labute approximate surface area is 178 Å². The molecular formula is C19H20F4N4O3S. The Balaban J connectivity index is 1.70. The van der Waals surface area contributed by atoms with Crippen LogP contribution in [0.4, 0.5) is 28.2 Å². The monoisotopic (exact) mass is 460 g/mol. The molecule has 4 rings (SSSR count). The molecule has 7 nitrogen and oxygen atoms in total. The minimum absolute atomic E-state index is 0.0157. The molecule has 1 saturated carbocycles. The number of aromatic nitrogens is 1. The van der Waals surface area contributed by atoms with Crippen LogP contribution < -0.4 is 10.2 Å². The summed E-state index contributed by atoms with van der Waals surface area (Å²) in [6.45, 7) is 0.320. The molecule has 2 amide bonds. The first kappa shape index (κ1) is 21.6. The second kappa shape index (κ2) is 7.81. The van der Waals surface area contributed by atoms with Gasteiger partial charge in [-0.25, -0.2) is 14.2 Å². The van der Waals surface area contributed by atoms with Gasteiger partial charge < -0.3 is 20.2 Å². The molecule has 2 aromatic heterocycles. The maximum Gasteiger partial charge on any atom is 0.420 e. The van der Waals surface area contributed by atoms with E-state index in [-0.39, 0.29) is 36.3 Å². The van der Waals surface area contributed by atoms with Crippen LogP contribution in [-0.4, -0.2) is 59.2 Å². The van der Waals surface area contributed by atoms with Gasteiger partial charge in [-0.15, -0.1) is 11.3 Å². The number of hydrogen-bond acceptors (Lipinski definition) is 5. The van der Waals surface area contributed by atoms with Crippen molar-refractivity contribution in [2.75, 3.05) is 25.0 Å². The second-order valence-electron chi connectivity index (χ2n) is 7.67. The number of carbonyl (C=O) groups is 2. The van der Waals surface area contributed by atoms with Gasteiger partial charge in [-0.1, -0.05) is 0 Å². The van der Waals surface area contributed by atoms with E-state index in [1.54, 1.807) is 0 Å². The van der Waals surface area contributed by atoms with Crippen LogP contribution in [-0.2, 0) is 6.18 Å². The van der Waals surface area contributed by atoms with Crippen LogP contribution >= 0.6 is 11.3 Å². The van der Waals surface area contributed by atoms with Crippen LogP contribution in [0.15, 0.2) is 5.38 Å². The summed E-state index contributed by atoms with van der Waals surface area (Å²) in [7, 11) is 1.35. The van der Waals surface area contributed by atoms with Crippen LogP contribution in [0, 0.1) is 5.82 Å². The summed E-state index contributed by atoms with van der Waals surface area (Å²) >= 11 is 0.625. The Morgan fingerprint density at radius 2 is 1.84 bits per heavy atom. The molecule has 2 aliphatic rings. The molecular weight excluding hydrogens is 440 g/mol. The lowest BCUT2D eigenvalue weighted by atomic mass is 10.0. The Morgan fingerprint density at radius 3 is 2.35 bits per heavy atom. The zero-order valence-corrected chi connectivity index (χ0v) is 17.3. The Bertz CT molecular complexity index is 1030. The lowest BCUT2D eigenvalue weighted by Gasteiger charge is -2.38. The van der Waals surface area contributed by atoms with E-state index >= 15 is 4.39 Å². The number of rotatable bonds is 4. The van der Waals surface area contributed by atoms with Gasteiger partial charge >= 0.3 is 12.3 Å². The second-order valence-corrected chi connectivity index (χ2v) is 8.55. The summed E-state index contributed by atoms with van der Waals surface area (Å²) in [5.74, 6) is -2.54. The van der Waals surface area contributed by atoms with Gasteiger partial charge in [0.2, 0.25) is 0 Å². The highest BCUT2D eigenvalue weighted by Gasteiger charge is 2.42. The summed E-state index contributed by atoms with van der Waals surface area (Å²) in [6, 6.07) is -0.282. The smallest absolute Gasteiger partial charge is 0.420 e. The van der Waals surface area contributed by atoms with Crippen LogP contribution in [0.3, 0.4) is 0 Å². The molecule has 31 heavy (non-hydrogen) atoms. The van der Waals surface area contributed by atoms with Gasteiger partial charge in [0.05, 0.1) is 15.8 Å². The van der Waals surface area contributed by atoms with E-state index in [4.69, 9.17) is 0 Å². The van der Waals surface area contributed by atoms with Crippen molar-refractivity contribution < 1.29 is 32.3 Å². The zero-order chi connectivity index (χ0) is 22.5. The van der Waals surface area contributed by atoms with E-state index in [2.05, 4.69) is 10.3 Å². The molecule has 168 valence electrons. The number of alkyl halides is 3. The topological polar surface area (TPSA) is 85.8 Å². The first-order valence-corrected chi connectivity index (χ1v) is 10.7. The number of hydrogen-bond donors (Lipinski definition) is 2. The quantitative estimate of drug-likeness (QED) is 0.676. The van der Waals surface area contributed by atoms with Crippen LogP contribution in [0.25, 0.3) is 10.2 Å². The summed E-state index contributed by atoms with van der Waals surface area (Å²) in [6.07, 6.45) is -3.66. The van der Waals surface area contributed by atoms with Gasteiger partial charge in [0.1, 0.15) is 5.56 Å². The largest absolute Gasteiger partial charge is 0.465 e.